The lowest BCUT2D eigenvalue weighted by Gasteiger charge is -2.15. The Hall–Kier alpha value is -3.45. The number of fused-ring (bicyclic) bond motifs is 1. The monoisotopic (exact) mass is 493 g/mol. The summed E-state index contributed by atoms with van der Waals surface area (Å²) in [5.41, 5.74) is 4.19. The van der Waals surface area contributed by atoms with Gasteiger partial charge in [0.25, 0.3) is 5.69 Å². The number of carbonyl (C=O) groups is 1. The van der Waals surface area contributed by atoms with E-state index >= 15 is 0 Å². The normalized spacial score (nSPS) is 13.8. The van der Waals surface area contributed by atoms with Crippen molar-refractivity contribution in [2.45, 2.75) is 20.0 Å². The van der Waals surface area contributed by atoms with Crippen molar-refractivity contribution in [1.82, 2.24) is 0 Å². The molecule has 3 aromatic carbocycles. The highest BCUT2D eigenvalue weighted by molar-refractivity contribution is 9.10. The van der Waals surface area contributed by atoms with Gasteiger partial charge in [0.05, 0.1) is 16.0 Å². The van der Waals surface area contributed by atoms with Crippen LogP contribution in [0.3, 0.4) is 0 Å². The summed E-state index contributed by atoms with van der Waals surface area (Å²) in [4.78, 5) is 23.1. The number of nitrogens with zero attached hydrogens (tertiary/aromatic N) is 1. The third kappa shape index (κ3) is 4.57. The zero-order valence-corrected chi connectivity index (χ0v) is 18.9. The second-order valence-electron chi connectivity index (χ2n) is 7.31. The SMILES string of the molecule is CCOc1cc(/C=C2\Cc3ccccc3C2=O)cc(Br)c1OCc1ccc([N+](=O)[O-])cc1. The van der Waals surface area contributed by atoms with Gasteiger partial charge < -0.3 is 9.47 Å². The summed E-state index contributed by atoms with van der Waals surface area (Å²) in [7, 11) is 0. The van der Waals surface area contributed by atoms with Crippen molar-refractivity contribution in [3.05, 3.63) is 103 Å². The van der Waals surface area contributed by atoms with E-state index in [2.05, 4.69) is 15.9 Å². The molecule has 0 unspecified atom stereocenters. The summed E-state index contributed by atoms with van der Waals surface area (Å²) in [6.45, 7) is 2.56. The molecule has 0 saturated heterocycles. The number of nitro groups is 1. The van der Waals surface area contributed by atoms with Crippen LogP contribution in [0.4, 0.5) is 5.69 Å². The van der Waals surface area contributed by atoms with Crippen LogP contribution < -0.4 is 9.47 Å². The number of ether oxygens (including phenoxy) is 2. The van der Waals surface area contributed by atoms with Crippen molar-refractivity contribution < 1.29 is 19.2 Å². The molecule has 1 aliphatic carbocycles. The molecule has 0 N–H and O–H groups in total. The molecule has 3 aromatic rings. The van der Waals surface area contributed by atoms with Gasteiger partial charge in [-0.15, -0.1) is 0 Å². The molecule has 0 aliphatic heterocycles. The number of Topliss-reactive ketones (excluding diaryl/α,β-unsaturated/α-hetero) is 1. The zero-order chi connectivity index (χ0) is 22.7. The first-order valence-corrected chi connectivity index (χ1v) is 10.9. The zero-order valence-electron chi connectivity index (χ0n) is 17.3. The van der Waals surface area contributed by atoms with E-state index in [1.54, 1.807) is 12.1 Å². The van der Waals surface area contributed by atoms with E-state index in [1.807, 2.05) is 49.4 Å². The quantitative estimate of drug-likeness (QED) is 0.223. The average molecular weight is 494 g/mol. The van der Waals surface area contributed by atoms with Crippen LogP contribution in [0.25, 0.3) is 6.08 Å². The average Bonchev–Trinajstić information content (AvgIpc) is 3.09. The topological polar surface area (TPSA) is 78.7 Å². The van der Waals surface area contributed by atoms with E-state index in [0.29, 0.717) is 29.0 Å². The maximum atomic E-state index is 12.7. The lowest BCUT2D eigenvalue weighted by molar-refractivity contribution is -0.384. The van der Waals surface area contributed by atoms with Crippen LogP contribution >= 0.6 is 15.9 Å². The van der Waals surface area contributed by atoms with Gasteiger partial charge in [-0.2, -0.15) is 0 Å². The van der Waals surface area contributed by atoms with Crippen molar-refractivity contribution in [2.75, 3.05) is 6.61 Å². The van der Waals surface area contributed by atoms with Gasteiger partial charge >= 0.3 is 0 Å². The van der Waals surface area contributed by atoms with Gasteiger partial charge in [-0.25, -0.2) is 0 Å². The number of ketones is 1. The highest BCUT2D eigenvalue weighted by atomic mass is 79.9. The van der Waals surface area contributed by atoms with E-state index in [1.165, 1.54) is 12.1 Å². The summed E-state index contributed by atoms with van der Waals surface area (Å²) >= 11 is 3.56. The molecular weight excluding hydrogens is 474 g/mol. The minimum atomic E-state index is -0.435. The third-order valence-electron chi connectivity index (χ3n) is 5.14. The summed E-state index contributed by atoms with van der Waals surface area (Å²) in [6.07, 6.45) is 2.49. The molecule has 0 atom stereocenters. The Morgan fingerprint density at radius 2 is 1.84 bits per heavy atom. The fourth-order valence-corrected chi connectivity index (χ4v) is 4.19. The second kappa shape index (κ2) is 9.36. The molecule has 32 heavy (non-hydrogen) atoms. The lowest BCUT2D eigenvalue weighted by atomic mass is 10.1. The van der Waals surface area contributed by atoms with Crippen LogP contribution in [0.5, 0.6) is 11.5 Å². The number of rotatable bonds is 7. The van der Waals surface area contributed by atoms with Crippen LogP contribution in [0.2, 0.25) is 0 Å². The van der Waals surface area contributed by atoms with Gasteiger partial charge in [-0.3, -0.25) is 14.9 Å². The molecule has 162 valence electrons. The standard InChI is InChI=1S/C25H20BrNO5/c1-2-31-23-13-17(11-19-14-18-5-3-4-6-21(18)24(19)28)12-22(26)25(23)32-15-16-7-9-20(10-8-16)27(29)30/h3-13H,2,14-15H2,1H3/b19-11+. The van der Waals surface area contributed by atoms with Gasteiger partial charge in [-0.1, -0.05) is 24.3 Å². The van der Waals surface area contributed by atoms with Crippen LogP contribution in [-0.4, -0.2) is 17.3 Å². The first kappa shape index (κ1) is 21.8. The molecule has 4 rings (SSSR count). The maximum absolute atomic E-state index is 12.7. The van der Waals surface area contributed by atoms with Crippen molar-refractivity contribution >= 4 is 33.5 Å². The minimum absolute atomic E-state index is 0.0333. The molecule has 6 nitrogen and oxygen atoms in total. The third-order valence-corrected chi connectivity index (χ3v) is 5.73. The molecule has 0 fully saturated rings. The molecule has 0 amide bonds. The van der Waals surface area contributed by atoms with Crippen LogP contribution in [0.15, 0.2) is 70.7 Å². The van der Waals surface area contributed by atoms with Crippen LogP contribution in [-0.2, 0) is 13.0 Å². The summed E-state index contributed by atoms with van der Waals surface area (Å²) < 4.78 is 12.5. The van der Waals surface area contributed by atoms with Gasteiger partial charge in [-0.05, 0) is 69.9 Å². The number of nitro benzene ring substituents is 1. The number of hydrogen-bond donors (Lipinski definition) is 0. The number of allylic oxidation sites excluding steroid dienone is 1. The van der Waals surface area contributed by atoms with E-state index in [0.717, 1.165) is 27.8 Å². The summed E-state index contributed by atoms with van der Waals surface area (Å²) in [6, 6.07) is 17.6. The molecular formula is C25H20BrNO5. The number of non-ortho nitro benzene ring substituents is 1. The van der Waals surface area contributed by atoms with Crippen molar-refractivity contribution in [2.24, 2.45) is 0 Å². The number of halogens is 1. The number of hydrogen-bond acceptors (Lipinski definition) is 5. The highest BCUT2D eigenvalue weighted by Crippen LogP contribution is 2.39. The maximum Gasteiger partial charge on any atom is 0.269 e. The Bertz CT molecular complexity index is 1220. The lowest BCUT2D eigenvalue weighted by Crippen LogP contribution is -2.01. The number of carbonyl (C=O) groups excluding carboxylic acids is 1. The van der Waals surface area contributed by atoms with Crippen molar-refractivity contribution in [3.63, 3.8) is 0 Å². The molecule has 0 spiro atoms. The van der Waals surface area contributed by atoms with Gasteiger partial charge in [0, 0.05) is 29.7 Å². The predicted octanol–water partition coefficient (Wildman–Crippen LogP) is 6.16. The minimum Gasteiger partial charge on any atom is -0.490 e. The Morgan fingerprint density at radius 3 is 2.53 bits per heavy atom. The van der Waals surface area contributed by atoms with Crippen LogP contribution in [0.1, 0.15) is 34.0 Å². The summed E-state index contributed by atoms with van der Waals surface area (Å²) in [5, 5.41) is 10.8. The van der Waals surface area contributed by atoms with Crippen molar-refractivity contribution in [1.29, 1.82) is 0 Å². The molecule has 0 bridgehead atoms. The predicted molar refractivity (Wildman–Crippen MR) is 125 cm³/mol. The Morgan fingerprint density at radius 1 is 1.09 bits per heavy atom. The molecule has 1 aliphatic rings. The van der Waals surface area contributed by atoms with E-state index < -0.39 is 4.92 Å². The fraction of sp³-hybridized carbons (Fsp3) is 0.160. The molecule has 0 aromatic heterocycles. The fourth-order valence-electron chi connectivity index (χ4n) is 3.62. The Kier molecular flexibility index (Phi) is 6.37. The second-order valence-corrected chi connectivity index (χ2v) is 8.16. The highest BCUT2D eigenvalue weighted by Gasteiger charge is 2.24. The number of benzene rings is 3. The Labute approximate surface area is 193 Å². The molecule has 7 heteroatoms. The largest absolute Gasteiger partial charge is 0.490 e. The van der Waals surface area contributed by atoms with E-state index in [4.69, 9.17) is 9.47 Å². The van der Waals surface area contributed by atoms with Crippen molar-refractivity contribution in [3.8, 4) is 11.5 Å². The smallest absolute Gasteiger partial charge is 0.269 e. The molecule has 0 heterocycles. The first-order chi connectivity index (χ1) is 15.5. The van der Waals surface area contributed by atoms with Gasteiger partial charge in [0.2, 0.25) is 0 Å². The Balaban J connectivity index is 1.57. The van der Waals surface area contributed by atoms with E-state index in [-0.39, 0.29) is 18.1 Å². The molecule has 0 saturated carbocycles. The molecule has 0 radical (unpaired) electrons. The van der Waals surface area contributed by atoms with Gasteiger partial charge in [0.15, 0.2) is 17.3 Å². The van der Waals surface area contributed by atoms with E-state index in [9.17, 15) is 14.9 Å². The van der Waals surface area contributed by atoms with Crippen LogP contribution in [0, 0.1) is 10.1 Å². The first-order valence-electron chi connectivity index (χ1n) is 10.1. The van der Waals surface area contributed by atoms with Gasteiger partial charge in [0.1, 0.15) is 6.61 Å². The summed E-state index contributed by atoms with van der Waals surface area (Å²) in [5.74, 6) is 1.14.